The zero-order chi connectivity index (χ0) is 16.1. The maximum Gasteiger partial charge on any atom is 0.250 e. The number of amides is 1. The van der Waals surface area contributed by atoms with Gasteiger partial charge in [-0.1, -0.05) is 18.2 Å². The van der Waals surface area contributed by atoms with E-state index >= 15 is 0 Å². The quantitative estimate of drug-likeness (QED) is 0.754. The van der Waals surface area contributed by atoms with Crippen LogP contribution in [0, 0.1) is 5.82 Å². The topological polar surface area (TPSA) is 68.0 Å². The van der Waals surface area contributed by atoms with E-state index in [-0.39, 0.29) is 17.4 Å². The van der Waals surface area contributed by atoms with E-state index in [0.29, 0.717) is 25.3 Å². The minimum Gasteiger partial charge on any atom is -0.421 e. The Morgan fingerprint density at radius 3 is 2.87 bits per heavy atom. The Bertz CT molecular complexity index is 786. The molecule has 118 valence electrons. The summed E-state index contributed by atoms with van der Waals surface area (Å²) >= 11 is 1.55. The molecule has 0 saturated carbocycles. The third kappa shape index (κ3) is 4.01. The molecule has 3 aromatic rings. The molecule has 0 bridgehead atoms. The van der Waals surface area contributed by atoms with Crippen LogP contribution in [0.2, 0.25) is 0 Å². The number of nitrogens with one attached hydrogen (secondary N) is 1. The summed E-state index contributed by atoms with van der Waals surface area (Å²) in [4.78, 5) is 12.8. The van der Waals surface area contributed by atoms with Gasteiger partial charge in [0.05, 0.1) is 12.0 Å². The van der Waals surface area contributed by atoms with Gasteiger partial charge in [0, 0.05) is 17.8 Å². The van der Waals surface area contributed by atoms with Gasteiger partial charge in [-0.05, 0) is 23.6 Å². The van der Waals surface area contributed by atoms with E-state index in [9.17, 15) is 9.18 Å². The zero-order valence-corrected chi connectivity index (χ0v) is 13.0. The first-order valence-corrected chi connectivity index (χ1v) is 7.96. The van der Waals surface area contributed by atoms with Crippen molar-refractivity contribution in [3.63, 3.8) is 0 Å². The number of hydrogen-bond acceptors (Lipinski definition) is 5. The second kappa shape index (κ2) is 7.15. The molecule has 0 aliphatic heterocycles. The van der Waals surface area contributed by atoms with Gasteiger partial charge in [-0.2, -0.15) is 0 Å². The molecular weight excluding hydrogens is 317 g/mol. The van der Waals surface area contributed by atoms with Crippen molar-refractivity contribution in [2.75, 3.05) is 6.54 Å². The molecule has 1 amide bonds. The van der Waals surface area contributed by atoms with Crippen LogP contribution in [0.5, 0.6) is 0 Å². The SMILES string of the molecule is O=C(Cc1cccs1)NCCc1nnc(-c2ccccc2F)o1. The van der Waals surface area contributed by atoms with Crippen LogP contribution >= 0.6 is 11.3 Å². The van der Waals surface area contributed by atoms with Gasteiger partial charge in [-0.15, -0.1) is 21.5 Å². The first-order valence-electron chi connectivity index (χ1n) is 7.09. The summed E-state index contributed by atoms with van der Waals surface area (Å²) in [7, 11) is 0. The molecule has 0 radical (unpaired) electrons. The first kappa shape index (κ1) is 15.4. The Morgan fingerprint density at radius 1 is 1.22 bits per heavy atom. The van der Waals surface area contributed by atoms with Crippen molar-refractivity contribution in [1.82, 2.24) is 15.5 Å². The molecule has 0 fully saturated rings. The van der Waals surface area contributed by atoms with Crippen molar-refractivity contribution in [1.29, 1.82) is 0 Å². The lowest BCUT2D eigenvalue weighted by Crippen LogP contribution is -2.27. The van der Waals surface area contributed by atoms with E-state index < -0.39 is 5.82 Å². The Kier molecular flexibility index (Phi) is 4.77. The lowest BCUT2D eigenvalue weighted by molar-refractivity contribution is -0.120. The van der Waals surface area contributed by atoms with Crippen LogP contribution in [0.15, 0.2) is 46.2 Å². The highest BCUT2D eigenvalue weighted by Crippen LogP contribution is 2.20. The number of hydrogen-bond donors (Lipinski definition) is 1. The van der Waals surface area contributed by atoms with E-state index in [1.165, 1.54) is 6.07 Å². The summed E-state index contributed by atoms with van der Waals surface area (Å²) in [6, 6.07) is 10.0. The molecule has 0 aliphatic carbocycles. The fourth-order valence-corrected chi connectivity index (χ4v) is 2.74. The van der Waals surface area contributed by atoms with E-state index in [1.807, 2.05) is 17.5 Å². The van der Waals surface area contributed by atoms with Crippen molar-refractivity contribution >= 4 is 17.2 Å². The van der Waals surface area contributed by atoms with Gasteiger partial charge < -0.3 is 9.73 Å². The molecule has 0 spiro atoms. The van der Waals surface area contributed by atoms with Gasteiger partial charge >= 0.3 is 0 Å². The minimum atomic E-state index is -0.410. The van der Waals surface area contributed by atoms with Gasteiger partial charge in [0.2, 0.25) is 11.8 Å². The number of thiophene rings is 1. The molecule has 23 heavy (non-hydrogen) atoms. The van der Waals surface area contributed by atoms with Crippen molar-refractivity contribution in [3.05, 3.63) is 58.4 Å². The largest absolute Gasteiger partial charge is 0.421 e. The van der Waals surface area contributed by atoms with Gasteiger partial charge in [-0.3, -0.25) is 4.79 Å². The van der Waals surface area contributed by atoms with E-state index in [1.54, 1.807) is 29.5 Å². The highest BCUT2D eigenvalue weighted by molar-refractivity contribution is 7.10. The molecule has 3 rings (SSSR count). The molecule has 2 aromatic heterocycles. The van der Waals surface area contributed by atoms with E-state index in [4.69, 9.17) is 4.42 Å². The van der Waals surface area contributed by atoms with Gasteiger partial charge in [0.1, 0.15) is 5.82 Å². The van der Waals surface area contributed by atoms with Crippen molar-refractivity contribution in [3.8, 4) is 11.5 Å². The van der Waals surface area contributed by atoms with Crippen LogP contribution in [0.1, 0.15) is 10.8 Å². The molecular formula is C16H14FN3O2S. The smallest absolute Gasteiger partial charge is 0.250 e. The van der Waals surface area contributed by atoms with Crippen LogP contribution in [0.25, 0.3) is 11.5 Å². The van der Waals surface area contributed by atoms with Crippen LogP contribution in [-0.4, -0.2) is 22.6 Å². The predicted octanol–water partition coefficient (Wildman–Crippen LogP) is 2.84. The second-order valence-electron chi connectivity index (χ2n) is 4.84. The number of benzene rings is 1. The predicted molar refractivity (Wildman–Crippen MR) is 84.4 cm³/mol. The van der Waals surface area contributed by atoms with Crippen molar-refractivity contribution in [2.24, 2.45) is 0 Å². The number of carbonyl (C=O) groups is 1. The highest BCUT2D eigenvalue weighted by atomic mass is 32.1. The van der Waals surface area contributed by atoms with E-state index in [0.717, 1.165) is 4.88 Å². The molecule has 0 atom stereocenters. The molecule has 1 N–H and O–H groups in total. The summed E-state index contributed by atoms with van der Waals surface area (Å²) < 4.78 is 19.1. The average molecular weight is 331 g/mol. The molecule has 0 aliphatic rings. The molecule has 7 heteroatoms. The Labute approximate surface area is 136 Å². The second-order valence-corrected chi connectivity index (χ2v) is 5.87. The number of carbonyl (C=O) groups excluding carboxylic acids is 1. The molecule has 2 heterocycles. The summed E-state index contributed by atoms with van der Waals surface area (Å²) in [5, 5.41) is 12.4. The standard InChI is InChI=1S/C16H14FN3O2S/c17-13-6-2-1-5-12(13)16-20-19-15(22-16)7-8-18-14(21)10-11-4-3-9-23-11/h1-6,9H,7-8,10H2,(H,18,21). The van der Waals surface area contributed by atoms with Crippen molar-refractivity contribution in [2.45, 2.75) is 12.8 Å². The van der Waals surface area contributed by atoms with Gasteiger partial charge in [0.25, 0.3) is 5.89 Å². The average Bonchev–Trinajstić information content (AvgIpc) is 3.20. The maximum atomic E-state index is 13.6. The molecule has 0 unspecified atom stereocenters. The number of aromatic nitrogens is 2. The molecule has 1 aromatic carbocycles. The Balaban J connectivity index is 1.52. The minimum absolute atomic E-state index is 0.0544. The number of rotatable bonds is 6. The van der Waals surface area contributed by atoms with Crippen LogP contribution in [0.3, 0.4) is 0 Å². The molecule has 0 saturated heterocycles. The Morgan fingerprint density at radius 2 is 2.09 bits per heavy atom. The third-order valence-corrected chi connectivity index (χ3v) is 4.02. The van der Waals surface area contributed by atoms with Crippen LogP contribution in [0.4, 0.5) is 4.39 Å². The zero-order valence-electron chi connectivity index (χ0n) is 12.2. The lowest BCUT2D eigenvalue weighted by atomic mass is 10.2. The summed E-state index contributed by atoms with van der Waals surface area (Å²) in [6.45, 7) is 0.392. The van der Waals surface area contributed by atoms with Crippen molar-refractivity contribution < 1.29 is 13.6 Å². The third-order valence-electron chi connectivity index (χ3n) is 3.15. The van der Waals surface area contributed by atoms with Gasteiger partial charge in [0.15, 0.2) is 0 Å². The fourth-order valence-electron chi connectivity index (χ4n) is 2.04. The Hall–Kier alpha value is -2.54. The monoisotopic (exact) mass is 331 g/mol. The van der Waals surface area contributed by atoms with Crippen LogP contribution in [-0.2, 0) is 17.6 Å². The summed E-state index contributed by atoms with van der Waals surface area (Å²) in [5.74, 6) is 0.0379. The highest BCUT2D eigenvalue weighted by Gasteiger charge is 2.12. The van der Waals surface area contributed by atoms with Crippen LogP contribution < -0.4 is 5.32 Å². The maximum absolute atomic E-state index is 13.6. The number of halogens is 1. The lowest BCUT2D eigenvalue weighted by Gasteiger charge is -2.01. The summed E-state index contributed by atoms with van der Waals surface area (Å²) in [5.41, 5.74) is 0.271. The van der Waals surface area contributed by atoms with E-state index in [2.05, 4.69) is 15.5 Å². The normalized spacial score (nSPS) is 10.7. The van der Waals surface area contributed by atoms with Gasteiger partial charge in [-0.25, -0.2) is 4.39 Å². The fraction of sp³-hybridized carbons (Fsp3) is 0.188. The number of nitrogens with zero attached hydrogens (tertiary/aromatic N) is 2. The molecule has 5 nitrogen and oxygen atoms in total. The summed E-state index contributed by atoms with van der Waals surface area (Å²) in [6.07, 6.45) is 0.764. The first-order chi connectivity index (χ1) is 11.2.